The van der Waals surface area contributed by atoms with Gasteiger partial charge in [-0.1, -0.05) is 11.3 Å². The van der Waals surface area contributed by atoms with Crippen LogP contribution in [0.5, 0.6) is 0 Å². The zero-order valence-electron chi connectivity index (χ0n) is 9.17. The zero-order chi connectivity index (χ0) is 12.4. The molecule has 2 rings (SSSR count). The second-order valence-corrected chi connectivity index (χ2v) is 5.56. The molecule has 0 fully saturated rings. The number of aromatic carboxylic acids is 1. The molecule has 0 spiro atoms. The largest absolute Gasteiger partial charge is 0.477 e. The molecule has 17 heavy (non-hydrogen) atoms. The van der Waals surface area contributed by atoms with Crippen LogP contribution in [0.2, 0.25) is 0 Å². The molecule has 2 heterocycles. The number of carboxylic acid groups (broad SMARTS) is 1. The fourth-order valence-electron chi connectivity index (χ4n) is 1.13. The van der Waals surface area contributed by atoms with Crippen molar-refractivity contribution in [2.75, 3.05) is 0 Å². The lowest BCUT2D eigenvalue weighted by Crippen LogP contribution is -1.94. The van der Waals surface area contributed by atoms with E-state index >= 15 is 0 Å². The van der Waals surface area contributed by atoms with Gasteiger partial charge in [0, 0.05) is 12.4 Å². The van der Waals surface area contributed by atoms with E-state index in [4.69, 9.17) is 5.11 Å². The molecule has 0 saturated carbocycles. The van der Waals surface area contributed by atoms with Crippen LogP contribution in [0.4, 0.5) is 0 Å². The van der Waals surface area contributed by atoms with Gasteiger partial charge in [0.15, 0.2) is 9.50 Å². The van der Waals surface area contributed by atoms with E-state index in [1.165, 1.54) is 11.8 Å². The maximum atomic E-state index is 10.9. The summed E-state index contributed by atoms with van der Waals surface area (Å²) >= 11 is 2.41. The lowest BCUT2D eigenvalue weighted by atomic mass is 10.4. The molecular formula is C10H9N3O2S2. The Labute approximate surface area is 106 Å². The Bertz CT molecular complexity index is 551. The van der Waals surface area contributed by atoms with E-state index in [2.05, 4.69) is 15.0 Å². The molecule has 0 radical (unpaired) electrons. The highest BCUT2D eigenvalue weighted by Gasteiger charge is 2.15. The Kier molecular flexibility index (Phi) is 3.39. The SMILES string of the molecule is Cc1cnc(Sc2nc(C)c(C(=O)O)s2)nc1. The maximum Gasteiger partial charge on any atom is 0.347 e. The van der Waals surface area contributed by atoms with Crippen molar-refractivity contribution in [3.8, 4) is 0 Å². The quantitative estimate of drug-likeness (QED) is 0.860. The highest BCUT2D eigenvalue weighted by atomic mass is 32.2. The Balaban J connectivity index is 2.22. The lowest BCUT2D eigenvalue weighted by molar-refractivity contribution is 0.0701. The highest BCUT2D eigenvalue weighted by Crippen LogP contribution is 2.30. The number of aromatic nitrogens is 3. The fourth-order valence-corrected chi connectivity index (χ4v) is 2.95. The smallest absolute Gasteiger partial charge is 0.347 e. The van der Waals surface area contributed by atoms with Crippen molar-refractivity contribution in [1.29, 1.82) is 0 Å². The highest BCUT2D eigenvalue weighted by molar-refractivity contribution is 8.00. The summed E-state index contributed by atoms with van der Waals surface area (Å²) in [4.78, 5) is 23.6. The van der Waals surface area contributed by atoms with Gasteiger partial charge < -0.3 is 5.11 Å². The number of rotatable bonds is 3. The Morgan fingerprint density at radius 3 is 2.53 bits per heavy atom. The lowest BCUT2D eigenvalue weighted by Gasteiger charge is -1.95. The summed E-state index contributed by atoms with van der Waals surface area (Å²) in [5.41, 5.74) is 1.51. The molecule has 0 aliphatic carbocycles. The second-order valence-electron chi connectivity index (χ2n) is 3.34. The van der Waals surface area contributed by atoms with Crippen LogP contribution in [0.1, 0.15) is 20.9 Å². The predicted octanol–water partition coefficient (Wildman–Crippen LogP) is 2.40. The van der Waals surface area contributed by atoms with Crippen molar-refractivity contribution >= 4 is 29.1 Å². The molecule has 7 heteroatoms. The van der Waals surface area contributed by atoms with Crippen molar-refractivity contribution in [2.24, 2.45) is 0 Å². The molecule has 0 aromatic carbocycles. The molecule has 0 bridgehead atoms. The molecule has 0 unspecified atom stereocenters. The molecule has 88 valence electrons. The van der Waals surface area contributed by atoms with E-state index in [1.54, 1.807) is 19.3 Å². The van der Waals surface area contributed by atoms with E-state index in [0.29, 0.717) is 15.2 Å². The molecule has 0 amide bonds. The Morgan fingerprint density at radius 2 is 2.00 bits per heavy atom. The number of carboxylic acids is 1. The average Bonchev–Trinajstić information content (AvgIpc) is 2.63. The third-order valence-electron chi connectivity index (χ3n) is 1.91. The molecule has 0 saturated heterocycles. The summed E-state index contributed by atoms with van der Waals surface area (Å²) in [6, 6.07) is 0. The topological polar surface area (TPSA) is 76.0 Å². The first-order chi connectivity index (χ1) is 8.06. The van der Waals surface area contributed by atoms with Gasteiger partial charge in [-0.3, -0.25) is 0 Å². The van der Waals surface area contributed by atoms with Crippen LogP contribution in [0, 0.1) is 13.8 Å². The van der Waals surface area contributed by atoms with Crippen molar-refractivity contribution in [2.45, 2.75) is 23.3 Å². The van der Waals surface area contributed by atoms with Crippen LogP contribution in [-0.2, 0) is 0 Å². The van der Waals surface area contributed by atoms with E-state index in [9.17, 15) is 4.79 Å². The number of nitrogens with zero attached hydrogens (tertiary/aromatic N) is 3. The van der Waals surface area contributed by atoms with E-state index in [1.807, 2.05) is 6.92 Å². The minimum absolute atomic E-state index is 0.264. The van der Waals surface area contributed by atoms with Gasteiger partial charge in [0.1, 0.15) is 4.88 Å². The number of hydrogen-bond acceptors (Lipinski definition) is 6. The molecule has 0 aliphatic heterocycles. The Morgan fingerprint density at radius 1 is 1.35 bits per heavy atom. The molecule has 2 aromatic heterocycles. The normalized spacial score (nSPS) is 10.5. The fraction of sp³-hybridized carbons (Fsp3) is 0.200. The number of hydrogen-bond donors (Lipinski definition) is 1. The summed E-state index contributed by atoms with van der Waals surface area (Å²) in [7, 11) is 0. The Hall–Kier alpha value is -1.47. The van der Waals surface area contributed by atoms with Gasteiger partial charge in [-0.25, -0.2) is 19.7 Å². The van der Waals surface area contributed by atoms with Crippen molar-refractivity contribution in [3.63, 3.8) is 0 Å². The van der Waals surface area contributed by atoms with Gasteiger partial charge in [0.2, 0.25) is 0 Å². The molecule has 5 nitrogen and oxygen atoms in total. The van der Waals surface area contributed by atoms with Crippen LogP contribution in [0.3, 0.4) is 0 Å². The van der Waals surface area contributed by atoms with Crippen LogP contribution >= 0.6 is 23.1 Å². The number of thiazole rings is 1. The van der Waals surface area contributed by atoms with Gasteiger partial charge in [0.25, 0.3) is 0 Å². The van der Waals surface area contributed by atoms with Crippen LogP contribution < -0.4 is 0 Å². The third-order valence-corrected chi connectivity index (χ3v) is 4.01. The minimum Gasteiger partial charge on any atom is -0.477 e. The van der Waals surface area contributed by atoms with Gasteiger partial charge in [-0.05, 0) is 31.2 Å². The number of aryl methyl sites for hydroxylation is 2. The monoisotopic (exact) mass is 267 g/mol. The van der Waals surface area contributed by atoms with E-state index in [0.717, 1.165) is 16.9 Å². The van der Waals surface area contributed by atoms with Crippen LogP contribution in [-0.4, -0.2) is 26.0 Å². The van der Waals surface area contributed by atoms with E-state index < -0.39 is 5.97 Å². The van der Waals surface area contributed by atoms with Crippen molar-refractivity contribution in [3.05, 3.63) is 28.5 Å². The molecular weight excluding hydrogens is 258 g/mol. The molecule has 1 N–H and O–H groups in total. The van der Waals surface area contributed by atoms with Gasteiger partial charge in [-0.15, -0.1) is 0 Å². The molecule has 0 aliphatic rings. The maximum absolute atomic E-state index is 10.9. The van der Waals surface area contributed by atoms with Crippen LogP contribution in [0.15, 0.2) is 21.9 Å². The molecule has 2 aromatic rings. The third kappa shape index (κ3) is 2.80. The second kappa shape index (κ2) is 4.80. The summed E-state index contributed by atoms with van der Waals surface area (Å²) in [6.07, 6.45) is 3.43. The summed E-state index contributed by atoms with van der Waals surface area (Å²) in [5, 5.41) is 9.48. The average molecular weight is 267 g/mol. The standard InChI is InChI=1S/C10H9N3O2S2/c1-5-3-11-9(12-4-5)17-10-13-6(2)7(16-10)8(14)15/h3-4H,1-2H3,(H,14,15). The first-order valence-corrected chi connectivity index (χ1v) is 6.37. The van der Waals surface area contributed by atoms with Crippen molar-refractivity contribution in [1.82, 2.24) is 15.0 Å². The first-order valence-electron chi connectivity index (χ1n) is 4.73. The minimum atomic E-state index is -0.948. The van der Waals surface area contributed by atoms with Gasteiger partial charge in [0.05, 0.1) is 5.69 Å². The first kappa shape index (κ1) is 12.0. The predicted molar refractivity (Wildman–Crippen MR) is 64.7 cm³/mol. The van der Waals surface area contributed by atoms with Gasteiger partial charge in [-0.2, -0.15) is 0 Å². The molecule has 0 atom stereocenters. The van der Waals surface area contributed by atoms with Crippen molar-refractivity contribution < 1.29 is 9.90 Å². The van der Waals surface area contributed by atoms with Gasteiger partial charge >= 0.3 is 5.97 Å². The summed E-state index contributed by atoms with van der Waals surface area (Å²) in [5.74, 6) is -0.948. The summed E-state index contributed by atoms with van der Waals surface area (Å²) in [6.45, 7) is 3.59. The zero-order valence-corrected chi connectivity index (χ0v) is 10.8. The number of carbonyl (C=O) groups is 1. The van der Waals surface area contributed by atoms with Crippen LogP contribution in [0.25, 0.3) is 0 Å². The summed E-state index contributed by atoms with van der Waals surface area (Å²) < 4.78 is 0.642. The van der Waals surface area contributed by atoms with E-state index in [-0.39, 0.29) is 4.88 Å².